The van der Waals surface area contributed by atoms with Gasteiger partial charge in [0, 0.05) is 6.54 Å². The van der Waals surface area contributed by atoms with E-state index in [4.69, 9.17) is 5.11 Å². The molecule has 0 aliphatic rings. The topological polar surface area (TPSA) is 40.5 Å². The number of thiophene rings is 1. The summed E-state index contributed by atoms with van der Waals surface area (Å²) in [6.07, 6.45) is -0.0350. The Morgan fingerprint density at radius 1 is 1.69 bits per heavy atom. The average molecular weight is 199 g/mol. The Morgan fingerprint density at radius 2 is 2.38 bits per heavy atom. The van der Waals surface area contributed by atoms with E-state index in [9.17, 15) is 4.79 Å². The molecule has 4 heteroatoms. The van der Waals surface area contributed by atoms with Gasteiger partial charge in [-0.1, -0.05) is 6.92 Å². The molecular weight excluding hydrogens is 186 g/mol. The molecule has 1 rings (SSSR count). The molecule has 1 aromatic rings. The van der Waals surface area contributed by atoms with Crippen LogP contribution in [0.3, 0.4) is 0 Å². The summed E-state index contributed by atoms with van der Waals surface area (Å²) in [7, 11) is 0. The maximum absolute atomic E-state index is 10.8. The van der Waals surface area contributed by atoms with Gasteiger partial charge < -0.3 is 5.11 Å². The quantitative estimate of drug-likeness (QED) is 0.813. The molecule has 13 heavy (non-hydrogen) atoms. The molecular formula is C9H13NO2S. The Labute approximate surface area is 81.6 Å². The van der Waals surface area contributed by atoms with E-state index in [-0.39, 0.29) is 0 Å². The lowest BCUT2D eigenvalue weighted by Crippen LogP contribution is -2.28. The first-order chi connectivity index (χ1) is 6.15. The number of amides is 1. The van der Waals surface area contributed by atoms with Crippen LogP contribution < -0.4 is 4.90 Å². The minimum absolute atomic E-state index is 0.565. The molecule has 0 atom stereocenters. The molecule has 1 heterocycles. The van der Waals surface area contributed by atoms with Crippen LogP contribution in [0.1, 0.15) is 18.9 Å². The van der Waals surface area contributed by atoms with Gasteiger partial charge in [0.25, 0.3) is 0 Å². The summed E-state index contributed by atoms with van der Waals surface area (Å²) in [5, 5.41) is 11.7. The summed E-state index contributed by atoms with van der Waals surface area (Å²) < 4.78 is 0. The second-order valence-electron chi connectivity index (χ2n) is 2.90. The Morgan fingerprint density at radius 3 is 2.77 bits per heavy atom. The number of rotatable bonds is 3. The van der Waals surface area contributed by atoms with Crippen LogP contribution in [-0.2, 0) is 0 Å². The summed E-state index contributed by atoms with van der Waals surface area (Å²) in [4.78, 5) is 12.2. The molecule has 72 valence electrons. The standard InChI is InChI=1S/C9H13NO2S/c1-3-4-10(9(11)12)8-5-7(2)6-13-8/h5-6H,3-4H2,1-2H3,(H,11,12). The van der Waals surface area contributed by atoms with Gasteiger partial charge in [0.1, 0.15) is 5.00 Å². The first kappa shape index (κ1) is 10.1. The fraction of sp³-hybridized carbons (Fsp3) is 0.444. The van der Waals surface area contributed by atoms with Crippen LogP contribution in [0.25, 0.3) is 0 Å². The maximum Gasteiger partial charge on any atom is 0.412 e. The highest BCUT2D eigenvalue weighted by molar-refractivity contribution is 7.14. The van der Waals surface area contributed by atoms with Crippen molar-refractivity contribution in [1.82, 2.24) is 0 Å². The van der Waals surface area contributed by atoms with Crippen LogP contribution in [0.15, 0.2) is 11.4 Å². The van der Waals surface area contributed by atoms with E-state index in [1.807, 2.05) is 25.3 Å². The second-order valence-corrected chi connectivity index (χ2v) is 3.79. The number of anilines is 1. The Balaban J connectivity index is 2.81. The molecule has 0 saturated heterocycles. The highest BCUT2D eigenvalue weighted by Crippen LogP contribution is 2.24. The summed E-state index contributed by atoms with van der Waals surface area (Å²) >= 11 is 1.47. The predicted octanol–water partition coefficient (Wildman–Crippen LogP) is 2.95. The van der Waals surface area contributed by atoms with E-state index in [1.165, 1.54) is 16.2 Å². The zero-order valence-electron chi connectivity index (χ0n) is 7.78. The minimum atomic E-state index is -0.872. The van der Waals surface area contributed by atoms with Gasteiger partial charge in [0.2, 0.25) is 0 Å². The maximum atomic E-state index is 10.8. The third-order valence-corrected chi connectivity index (χ3v) is 2.73. The van der Waals surface area contributed by atoms with Gasteiger partial charge in [-0.25, -0.2) is 4.79 Å². The smallest absolute Gasteiger partial charge is 0.412 e. The van der Waals surface area contributed by atoms with Crippen molar-refractivity contribution < 1.29 is 9.90 Å². The number of aryl methyl sites for hydroxylation is 1. The number of carboxylic acid groups (broad SMARTS) is 1. The SMILES string of the molecule is CCCN(C(=O)O)c1cc(C)cs1. The Hall–Kier alpha value is -1.03. The molecule has 0 saturated carbocycles. The van der Waals surface area contributed by atoms with Crippen LogP contribution in [0.4, 0.5) is 9.80 Å². The molecule has 0 aliphatic heterocycles. The molecule has 1 amide bonds. The van der Waals surface area contributed by atoms with Crippen molar-refractivity contribution in [2.75, 3.05) is 11.4 Å². The van der Waals surface area contributed by atoms with E-state index in [0.29, 0.717) is 6.54 Å². The lowest BCUT2D eigenvalue weighted by atomic mass is 10.3. The zero-order chi connectivity index (χ0) is 9.84. The van der Waals surface area contributed by atoms with Gasteiger partial charge in [-0.15, -0.1) is 11.3 Å². The zero-order valence-corrected chi connectivity index (χ0v) is 8.60. The number of carbonyl (C=O) groups is 1. The van der Waals surface area contributed by atoms with Crippen molar-refractivity contribution in [3.05, 3.63) is 17.0 Å². The summed E-state index contributed by atoms with van der Waals surface area (Å²) in [5.74, 6) is 0. The van der Waals surface area contributed by atoms with Crippen molar-refractivity contribution in [3.63, 3.8) is 0 Å². The van der Waals surface area contributed by atoms with Crippen molar-refractivity contribution >= 4 is 22.4 Å². The van der Waals surface area contributed by atoms with Gasteiger partial charge in [0.05, 0.1) is 0 Å². The van der Waals surface area contributed by atoms with E-state index < -0.39 is 6.09 Å². The first-order valence-corrected chi connectivity index (χ1v) is 5.08. The Bertz CT molecular complexity index is 296. The molecule has 0 bridgehead atoms. The Kier molecular flexibility index (Phi) is 3.31. The lowest BCUT2D eigenvalue weighted by Gasteiger charge is -2.15. The van der Waals surface area contributed by atoms with E-state index in [1.54, 1.807) is 0 Å². The number of hydrogen-bond donors (Lipinski definition) is 1. The third kappa shape index (κ3) is 2.45. The van der Waals surface area contributed by atoms with Gasteiger partial charge in [0.15, 0.2) is 0 Å². The van der Waals surface area contributed by atoms with E-state index in [0.717, 1.165) is 17.0 Å². The summed E-state index contributed by atoms with van der Waals surface area (Å²) in [6.45, 7) is 4.50. The van der Waals surface area contributed by atoms with E-state index >= 15 is 0 Å². The third-order valence-electron chi connectivity index (χ3n) is 1.66. The minimum Gasteiger partial charge on any atom is -0.465 e. The molecule has 0 radical (unpaired) electrons. The number of nitrogens with zero attached hydrogens (tertiary/aromatic N) is 1. The molecule has 0 aliphatic carbocycles. The first-order valence-electron chi connectivity index (χ1n) is 4.20. The van der Waals surface area contributed by atoms with Crippen LogP contribution in [0.5, 0.6) is 0 Å². The summed E-state index contributed by atoms with van der Waals surface area (Å²) in [6, 6.07) is 1.90. The molecule has 3 nitrogen and oxygen atoms in total. The van der Waals surface area contributed by atoms with Crippen molar-refractivity contribution in [2.24, 2.45) is 0 Å². The fourth-order valence-electron chi connectivity index (χ4n) is 1.08. The van der Waals surface area contributed by atoms with Gasteiger partial charge in [-0.05, 0) is 30.4 Å². The van der Waals surface area contributed by atoms with E-state index in [2.05, 4.69) is 0 Å². The lowest BCUT2D eigenvalue weighted by molar-refractivity contribution is 0.202. The van der Waals surface area contributed by atoms with Crippen LogP contribution >= 0.6 is 11.3 Å². The van der Waals surface area contributed by atoms with Crippen LogP contribution in [-0.4, -0.2) is 17.7 Å². The molecule has 1 aromatic heterocycles. The number of hydrogen-bond acceptors (Lipinski definition) is 2. The largest absolute Gasteiger partial charge is 0.465 e. The molecule has 1 N–H and O–H groups in total. The fourth-order valence-corrected chi connectivity index (χ4v) is 2.01. The van der Waals surface area contributed by atoms with Gasteiger partial charge in [-0.3, -0.25) is 4.90 Å². The predicted molar refractivity (Wildman–Crippen MR) is 54.7 cm³/mol. The summed E-state index contributed by atoms with van der Waals surface area (Å²) in [5.41, 5.74) is 1.11. The molecule has 0 fully saturated rings. The average Bonchev–Trinajstić information content (AvgIpc) is 2.46. The molecule has 0 unspecified atom stereocenters. The van der Waals surface area contributed by atoms with Crippen molar-refractivity contribution in [3.8, 4) is 0 Å². The molecule has 0 spiro atoms. The van der Waals surface area contributed by atoms with Gasteiger partial charge in [-0.2, -0.15) is 0 Å². The monoisotopic (exact) mass is 199 g/mol. The van der Waals surface area contributed by atoms with Crippen LogP contribution in [0, 0.1) is 6.92 Å². The van der Waals surface area contributed by atoms with Gasteiger partial charge >= 0.3 is 6.09 Å². The highest BCUT2D eigenvalue weighted by Gasteiger charge is 2.14. The highest BCUT2D eigenvalue weighted by atomic mass is 32.1. The van der Waals surface area contributed by atoms with Crippen LogP contribution in [0.2, 0.25) is 0 Å². The second kappa shape index (κ2) is 4.28. The van der Waals surface area contributed by atoms with Crippen molar-refractivity contribution in [1.29, 1.82) is 0 Å². The normalized spacial score (nSPS) is 10.0. The van der Waals surface area contributed by atoms with Crippen molar-refractivity contribution in [2.45, 2.75) is 20.3 Å². The molecule has 0 aromatic carbocycles.